The fourth-order valence-electron chi connectivity index (χ4n) is 3.11. The van der Waals surface area contributed by atoms with Crippen LogP contribution in [0.3, 0.4) is 0 Å². The topological polar surface area (TPSA) is 97.9 Å². The number of esters is 1. The van der Waals surface area contributed by atoms with Gasteiger partial charge >= 0.3 is 24.3 Å². The first kappa shape index (κ1) is 27.0. The number of methoxy groups -OCH3 is 1. The highest BCUT2D eigenvalue weighted by atomic mass is 19.4. The number of alkyl halides is 3. The SMILES string of the molecule is COC(=O)[C@H](Cc1c[nH]c2cc(C(F)(F)F)ccc12)N(C(=O)OC(C)(C)C)C(=O)OC(C)(C)C. The van der Waals surface area contributed by atoms with Crippen LogP contribution in [0.4, 0.5) is 22.8 Å². The van der Waals surface area contributed by atoms with Crippen molar-refractivity contribution in [2.24, 2.45) is 0 Å². The second-order valence-corrected chi connectivity index (χ2v) is 9.65. The van der Waals surface area contributed by atoms with E-state index in [2.05, 4.69) is 4.98 Å². The number of fused-ring (bicyclic) bond motifs is 1. The molecule has 0 aliphatic rings. The number of H-pyrrole nitrogens is 1. The number of amides is 2. The van der Waals surface area contributed by atoms with E-state index >= 15 is 0 Å². The monoisotopic (exact) mass is 486 g/mol. The van der Waals surface area contributed by atoms with E-state index in [0.717, 1.165) is 19.2 Å². The lowest BCUT2D eigenvalue weighted by Gasteiger charge is -2.32. The number of aromatic nitrogens is 1. The van der Waals surface area contributed by atoms with Gasteiger partial charge in [0.1, 0.15) is 17.2 Å². The van der Waals surface area contributed by atoms with Crippen molar-refractivity contribution in [3.05, 3.63) is 35.5 Å². The first-order valence-corrected chi connectivity index (χ1v) is 10.4. The summed E-state index contributed by atoms with van der Waals surface area (Å²) in [7, 11) is 1.09. The second kappa shape index (κ2) is 9.55. The first-order chi connectivity index (χ1) is 15.4. The summed E-state index contributed by atoms with van der Waals surface area (Å²) < 4.78 is 54.6. The maximum absolute atomic E-state index is 13.1. The molecule has 0 bridgehead atoms. The predicted octanol–water partition coefficient (Wildman–Crippen LogP) is 5.44. The quantitative estimate of drug-likeness (QED) is 0.456. The van der Waals surface area contributed by atoms with Gasteiger partial charge in [-0.1, -0.05) is 6.07 Å². The van der Waals surface area contributed by atoms with Crippen LogP contribution in [0.2, 0.25) is 0 Å². The molecule has 11 heteroatoms. The van der Waals surface area contributed by atoms with Gasteiger partial charge in [-0.3, -0.25) is 0 Å². The van der Waals surface area contributed by atoms with Crippen LogP contribution < -0.4 is 0 Å². The number of rotatable bonds is 4. The highest BCUT2D eigenvalue weighted by Crippen LogP contribution is 2.32. The van der Waals surface area contributed by atoms with Crippen LogP contribution in [-0.2, 0) is 31.6 Å². The number of nitrogens with one attached hydrogen (secondary N) is 1. The molecule has 1 heterocycles. The minimum Gasteiger partial charge on any atom is -0.467 e. The minimum absolute atomic E-state index is 0.175. The summed E-state index contributed by atoms with van der Waals surface area (Å²) in [6.07, 6.45) is -5.63. The average molecular weight is 486 g/mol. The molecule has 0 saturated heterocycles. The Hall–Kier alpha value is -3.24. The van der Waals surface area contributed by atoms with E-state index in [9.17, 15) is 27.6 Å². The van der Waals surface area contributed by atoms with E-state index in [1.165, 1.54) is 12.3 Å². The third-order valence-electron chi connectivity index (χ3n) is 4.47. The molecule has 2 amide bonds. The third-order valence-corrected chi connectivity index (χ3v) is 4.47. The summed E-state index contributed by atoms with van der Waals surface area (Å²) in [6.45, 7) is 9.52. The lowest BCUT2D eigenvalue weighted by molar-refractivity contribution is -0.146. The van der Waals surface area contributed by atoms with Gasteiger partial charge in [-0.2, -0.15) is 18.1 Å². The minimum atomic E-state index is -4.53. The van der Waals surface area contributed by atoms with Crippen molar-refractivity contribution in [1.29, 1.82) is 0 Å². The lowest BCUT2D eigenvalue weighted by Crippen LogP contribution is -2.53. The van der Waals surface area contributed by atoms with E-state index in [1.54, 1.807) is 41.5 Å². The van der Waals surface area contributed by atoms with Crippen LogP contribution in [0, 0.1) is 0 Å². The molecular weight excluding hydrogens is 457 g/mol. The predicted molar refractivity (Wildman–Crippen MR) is 117 cm³/mol. The summed E-state index contributed by atoms with van der Waals surface area (Å²) >= 11 is 0. The van der Waals surface area contributed by atoms with Crippen molar-refractivity contribution in [2.45, 2.75) is 71.4 Å². The van der Waals surface area contributed by atoms with E-state index in [0.29, 0.717) is 15.8 Å². The zero-order valence-corrected chi connectivity index (χ0v) is 20.1. The molecule has 0 radical (unpaired) electrons. The summed E-state index contributed by atoms with van der Waals surface area (Å²) in [5, 5.41) is 0.384. The number of imide groups is 1. The molecule has 1 aromatic heterocycles. The van der Waals surface area contributed by atoms with Crippen molar-refractivity contribution in [3.8, 4) is 0 Å². The molecule has 0 unspecified atom stereocenters. The van der Waals surface area contributed by atoms with E-state index < -0.39 is 47.1 Å². The average Bonchev–Trinajstić information content (AvgIpc) is 3.05. The smallest absolute Gasteiger partial charge is 0.420 e. The van der Waals surface area contributed by atoms with Gasteiger partial charge < -0.3 is 19.2 Å². The number of aromatic amines is 1. The Bertz CT molecular complexity index is 1040. The molecule has 2 aromatic rings. The summed E-state index contributed by atoms with van der Waals surface area (Å²) in [6, 6.07) is 1.59. The largest absolute Gasteiger partial charge is 0.467 e. The van der Waals surface area contributed by atoms with Gasteiger partial charge in [0.2, 0.25) is 0 Å². The van der Waals surface area contributed by atoms with Crippen molar-refractivity contribution in [1.82, 2.24) is 9.88 Å². The number of ether oxygens (including phenoxy) is 3. The molecule has 1 N–H and O–H groups in total. The van der Waals surface area contributed by atoms with Crippen LogP contribution in [0.1, 0.15) is 52.7 Å². The van der Waals surface area contributed by atoms with E-state index in [-0.39, 0.29) is 11.9 Å². The van der Waals surface area contributed by atoms with Gasteiger partial charge in [0.05, 0.1) is 12.7 Å². The van der Waals surface area contributed by atoms with Gasteiger partial charge in [-0.05, 0) is 59.2 Å². The molecule has 34 heavy (non-hydrogen) atoms. The number of halogens is 3. The first-order valence-electron chi connectivity index (χ1n) is 10.4. The van der Waals surface area contributed by atoms with Crippen LogP contribution >= 0.6 is 0 Å². The number of hydrogen-bond acceptors (Lipinski definition) is 6. The Morgan fingerprint density at radius 2 is 1.50 bits per heavy atom. The number of hydrogen-bond donors (Lipinski definition) is 1. The van der Waals surface area contributed by atoms with Crippen LogP contribution in [0.15, 0.2) is 24.4 Å². The van der Waals surface area contributed by atoms with Crippen molar-refractivity contribution in [2.75, 3.05) is 7.11 Å². The number of nitrogens with zero attached hydrogens (tertiary/aromatic N) is 1. The van der Waals surface area contributed by atoms with Gasteiger partial charge in [0, 0.05) is 23.5 Å². The molecule has 188 valence electrons. The maximum atomic E-state index is 13.1. The summed E-state index contributed by atoms with van der Waals surface area (Å²) in [5.41, 5.74) is -2.27. The fourth-order valence-corrected chi connectivity index (χ4v) is 3.11. The molecule has 0 aliphatic heterocycles. The van der Waals surface area contributed by atoms with Gasteiger partial charge in [-0.25, -0.2) is 14.4 Å². The fraction of sp³-hybridized carbons (Fsp3) is 0.522. The Morgan fingerprint density at radius 1 is 0.971 bits per heavy atom. The van der Waals surface area contributed by atoms with Gasteiger partial charge in [-0.15, -0.1) is 0 Å². The lowest BCUT2D eigenvalue weighted by atomic mass is 10.0. The Morgan fingerprint density at radius 3 is 1.94 bits per heavy atom. The van der Waals surface area contributed by atoms with Crippen molar-refractivity contribution < 1.29 is 41.8 Å². The van der Waals surface area contributed by atoms with Crippen molar-refractivity contribution in [3.63, 3.8) is 0 Å². The zero-order valence-electron chi connectivity index (χ0n) is 20.1. The maximum Gasteiger partial charge on any atom is 0.420 e. The van der Waals surface area contributed by atoms with E-state index in [4.69, 9.17) is 14.2 Å². The molecule has 0 spiro atoms. The van der Waals surface area contributed by atoms with Crippen molar-refractivity contribution >= 4 is 29.1 Å². The van der Waals surface area contributed by atoms with Crippen LogP contribution in [-0.4, -0.2) is 52.4 Å². The molecule has 8 nitrogen and oxygen atoms in total. The third kappa shape index (κ3) is 6.88. The van der Waals surface area contributed by atoms with Crippen LogP contribution in [0.5, 0.6) is 0 Å². The molecule has 0 saturated carbocycles. The molecular formula is C23H29F3N2O6. The Kier molecular flexibility index (Phi) is 7.59. The summed E-state index contributed by atoms with van der Waals surface area (Å²) in [5.74, 6) is -0.932. The number of carbonyl (C=O) groups excluding carboxylic acids is 3. The Balaban J connectivity index is 2.52. The van der Waals surface area contributed by atoms with Gasteiger partial charge in [0.15, 0.2) is 0 Å². The molecule has 2 rings (SSSR count). The van der Waals surface area contributed by atoms with Crippen LogP contribution in [0.25, 0.3) is 10.9 Å². The summed E-state index contributed by atoms with van der Waals surface area (Å²) in [4.78, 5) is 41.9. The normalized spacial score (nSPS) is 13.4. The second-order valence-electron chi connectivity index (χ2n) is 9.65. The number of carbonyl (C=O) groups is 3. The Labute approximate surface area is 195 Å². The van der Waals surface area contributed by atoms with Gasteiger partial charge in [0.25, 0.3) is 0 Å². The highest BCUT2D eigenvalue weighted by Gasteiger charge is 2.41. The number of benzene rings is 1. The zero-order chi connectivity index (χ0) is 26.1. The molecule has 0 fully saturated rings. The molecule has 0 aliphatic carbocycles. The molecule has 1 atom stereocenters. The van der Waals surface area contributed by atoms with E-state index in [1.807, 2.05) is 0 Å². The molecule has 1 aromatic carbocycles. The highest BCUT2D eigenvalue weighted by molar-refractivity contribution is 5.95. The standard InChI is InChI=1S/C23H29F3N2O6/c1-21(2,3)33-19(30)28(20(31)34-22(4,5)6)17(18(29)32-7)10-13-12-27-16-11-14(23(24,25)26)8-9-15(13)16/h8-9,11-12,17,27H,10H2,1-7H3/t17-/m0/s1.